The monoisotopic (exact) mass is 344 g/mol. The molecule has 0 aliphatic carbocycles. The largest absolute Gasteiger partial charge is 0.383 e. The summed E-state index contributed by atoms with van der Waals surface area (Å²) in [7, 11) is 1.59. The highest BCUT2D eigenvalue weighted by atomic mass is 35.5. The molecule has 120 valence electrons. The van der Waals surface area contributed by atoms with Crippen LogP contribution in [0.1, 0.15) is 13.3 Å². The Bertz CT molecular complexity index is 560. The molecule has 7 heteroatoms. The first kappa shape index (κ1) is 17.1. The molecule has 2 unspecified atom stereocenters. The molecule has 1 aliphatic rings. The molecule has 22 heavy (non-hydrogen) atoms. The molecule has 1 aliphatic heterocycles. The summed E-state index contributed by atoms with van der Waals surface area (Å²) < 4.78 is 5.06. The van der Waals surface area contributed by atoms with Crippen LogP contribution in [0.3, 0.4) is 0 Å². The van der Waals surface area contributed by atoms with Gasteiger partial charge in [0.15, 0.2) is 0 Å². The van der Waals surface area contributed by atoms with Crippen LogP contribution in [0.2, 0.25) is 10.0 Å². The highest BCUT2D eigenvalue weighted by Crippen LogP contribution is 2.25. The van der Waals surface area contributed by atoms with E-state index in [0.29, 0.717) is 28.9 Å². The standard InChI is InChI=1S/C15H18Cl2N2O3/c1-9(8-22-2)19-7-10(3-14(19)20)15(21)18-13-5-11(16)4-12(17)6-13/h4-6,9-10H,3,7-8H2,1-2H3,(H,18,21). The number of hydrogen-bond donors (Lipinski definition) is 1. The van der Waals surface area contributed by atoms with Crippen LogP contribution < -0.4 is 5.32 Å². The van der Waals surface area contributed by atoms with Gasteiger partial charge in [0.05, 0.1) is 18.6 Å². The van der Waals surface area contributed by atoms with Crippen molar-refractivity contribution in [3.05, 3.63) is 28.2 Å². The molecule has 0 radical (unpaired) electrons. The molecule has 2 atom stereocenters. The Kier molecular flexibility index (Phi) is 5.67. The lowest BCUT2D eigenvalue weighted by atomic mass is 10.1. The van der Waals surface area contributed by atoms with E-state index in [1.807, 2.05) is 6.92 Å². The van der Waals surface area contributed by atoms with Gasteiger partial charge in [-0.2, -0.15) is 0 Å². The third kappa shape index (κ3) is 4.12. The molecule has 1 aromatic rings. The topological polar surface area (TPSA) is 58.6 Å². The van der Waals surface area contributed by atoms with Crippen molar-refractivity contribution in [3.63, 3.8) is 0 Å². The molecule has 2 amide bonds. The molecule has 1 fully saturated rings. The molecule has 1 saturated heterocycles. The Morgan fingerprint density at radius 2 is 2.05 bits per heavy atom. The van der Waals surface area contributed by atoms with Gasteiger partial charge in [-0.25, -0.2) is 0 Å². The second-order valence-corrected chi connectivity index (χ2v) is 6.27. The molecule has 0 aromatic heterocycles. The van der Waals surface area contributed by atoms with Gasteiger partial charge < -0.3 is 15.0 Å². The number of rotatable bonds is 5. The lowest BCUT2D eigenvalue weighted by Crippen LogP contribution is -2.38. The van der Waals surface area contributed by atoms with E-state index in [4.69, 9.17) is 27.9 Å². The zero-order valence-electron chi connectivity index (χ0n) is 12.4. The maximum Gasteiger partial charge on any atom is 0.229 e. The number of likely N-dealkylation sites (tertiary alicyclic amines) is 1. The Labute approximate surface area is 139 Å². The first-order valence-electron chi connectivity index (χ1n) is 6.96. The summed E-state index contributed by atoms with van der Waals surface area (Å²) in [6.45, 7) is 2.74. The van der Waals surface area contributed by atoms with E-state index >= 15 is 0 Å². The van der Waals surface area contributed by atoms with Crippen LogP contribution in [0.15, 0.2) is 18.2 Å². The summed E-state index contributed by atoms with van der Waals surface area (Å²) in [6, 6.07) is 4.78. The maximum absolute atomic E-state index is 12.3. The van der Waals surface area contributed by atoms with Gasteiger partial charge in [-0.15, -0.1) is 0 Å². The Balaban J connectivity index is 2.00. The number of carbonyl (C=O) groups excluding carboxylic acids is 2. The number of benzene rings is 1. The van der Waals surface area contributed by atoms with Crippen LogP contribution in [-0.4, -0.2) is 43.0 Å². The summed E-state index contributed by atoms with van der Waals surface area (Å²) in [5.74, 6) is -0.628. The minimum Gasteiger partial charge on any atom is -0.383 e. The second kappa shape index (κ2) is 7.31. The molecule has 0 bridgehead atoms. The summed E-state index contributed by atoms with van der Waals surface area (Å²) in [5.41, 5.74) is 0.526. The quantitative estimate of drug-likeness (QED) is 0.893. The van der Waals surface area contributed by atoms with Crippen molar-refractivity contribution in [1.29, 1.82) is 0 Å². The smallest absolute Gasteiger partial charge is 0.229 e. The highest BCUT2D eigenvalue weighted by molar-refractivity contribution is 6.35. The van der Waals surface area contributed by atoms with Crippen molar-refractivity contribution in [3.8, 4) is 0 Å². The number of nitrogens with zero attached hydrogens (tertiary/aromatic N) is 1. The predicted molar refractivity (Wildman–Crippen MR) is 86.2 cm³/mol. The fraction of sp³-hybridized carbons (Fsp3) is 0.467. The van der Waals surface area contributed by atoms with Crippen LogP contribution in [0, 0.1) is 5.92 Å². The van der Waals surface area contributed by atoms with Gasteiger partial charge in [0, 0.05) is 35.8 Å². The van der Waals surface area contributed by atoms with Gasteiger partial charge in [0.25, 0.3) is 0 Å². The molecule has 2 rings (SSSR count). The van der Waals surface area contributed by atoms with E-state index in [-0.39, 0.29) is 30.2 Å². The van der Waals surface area contributed by atoms with E-state index < -0.39 is 0 Å². The molecule has 0 spiro atoms. The van der Waals surface area contributed by atoms with Crippen molar-refractivity contribution >= 4 is 40.7 Å². The zero-order chi connectivity index (χ0) is 16.3. The summed E-state index contributed by atoms with van der Waals surface area (Å²) in [6.07, 6.45) is 0.203. The lowest BCUT2D eigenvalue weighted by Gasteiger charge is -2.23. The van der Waals surface area contributed by atoms with Gasteiger partial charge in [0.1, 0.15) is 0 Å². The number of amides is 2. The van der Waals surface area contributed by atoms with Crippen LogP contribution >= 0.6 is 23.2 Å². The Morgan fingerprint density at radius 3 is 2.64 bits per heavy atom. The van der Waals surface area contributed by atoms with Crippen LogP contribution in [0.5, 0.6) is 0 Å². The second-order valence-electron chi connectivity index (χ2n) is 5.40. The molecule has 5 nitrogen and oxygen atoms in total. The van der Waals surface area contributed by atoms with E-state index in [0.717, 1.165) is 0 Å². The van der Waals surface area contributed by atoms with E-state index in [2.05, 4.69) is 5.32 Å². The summed E-state index contributed by atoms with van der Waals surface area (Å²) in [4.78, 5) is 26.0. The normalized spacial score (nSPS) is 19.4. The number of anilines is 1. The summed E-state index contributed by atoms with van der Waals surface area (Å²) >= 11 is 11.8. The average Bonchev–Trinajstić information content (AvgIpc) is 2.80. The number of ether oxygens (including phenoxy) is 1. The van der Waals surface area contributed by atoms with Gasteiger partial charge in [-0.05, 0) is 25.1 Å². The zero-order valence-corrected chi connectivity index (χ0v) is 13.9. The third-order valence-electron chi connectivity index (χ3n) is 3.60. The minimum atomic E-state index is -0.385. The first-order chi connectivity index (χ1) is 10.4. The van der Waals surface area contributed by atoms with Crippen molar-refractivity contribution in [2.24, 2.45) is 5.92 Å². The maximum atomic E-state index is 12.3. The minimum absolute atomic E-state index is 0.0335. The molecule has 1 N–H and O–H groups in total. The number of methoxy groups -OCH3 is 1. The van der Waals surface area contributed by atoms with E-state index in [1.165, 1.54) is 0 Å². The van der Waals surface area contributed by atoms with Crippen LogP contribution in [0.25, 0.3) is 0 Å². The molecule has 0 saturated carbocycles. The van der Waals surface area contributed by atoms with Crippen molar-refractivity contribution < 1.29 is 14.3 Å². The predicted octanol–water partition coefficient (Wildman–Crippen LogP) is 2.82. The van der Waals surface area contributed by atoms with E-state index in [9.17, 15) is 9.59 Å². The van der Waals surface area contributed by atoms with Gasteiger partial charge in [-0.3, -0.25) is 9.59 Å². The Morgan fingerprint density at radius 1 is 1.41 bits per heavy atom. The fourth-order valence-electron chi connectivity index (χ4n) is 2.53. The van der Waals surface area contributed by atoms with Crippen molar-refractivity contribution in [2.75, 3.05) is 25.6 Å². The van der Waals surface area contributed by atoms with Crippen LogP contribution in [-0.2, 0) is 14.3 Å². The highest BCUT2D eigenvalue weighted by Gasteiger charge is 2.36. The van der Waals surface area contributed by atoms with Gasteiger partial charge >= 0.3 is 0 Å². The first-order valence-corrected chi connectivity index (χ1v) is 7.71. The van der Waals surface area contributed by atoms with Gasteiger partial charge in [-0.1, -0.05) is 23.2 Å². The van der Waals surface area contributed by atoms with Crippen molar-refractivity contribution in [1.82, 2.24) is 4.90 Å². The number of carbonyl (C=O) groups is 2. The lowest BCUT2D eigenvalue weighted by molar-refractivity contribution is -0.130. The fourth-order valence-corrected chi connectivity index (χ4v) is 3.06. The molecular weight excluding hydrogens is 327 g/mol. The Hall–Kier alpha value is -1.30. The van der Waals surface area contributed by atoms with Gasteiger partial charge in [0.2, 0.25) is 11.8 Å². The summed E-state index contributed by atoms with van der Waals surface area (Å²) in [5, 5.41) is 3.65. The third-order valence-corrected chi connectivity index (χ3v) is 4.04. The molecule has 1 heterocycles. The molecule has 1 aromatic carbocycles. The van der Waals surface area contributed by atoms with Crippen LogP contribution in [0.4, 0.5) is 5.69 Å². The number of halogens is 2. The number of hydrogen-bond acceptors (Lipinski definition) is 3. The average molecular weight is 345 g/mol. The number of nitrogens with one attached hydrogen (secondary N) is 1. The molecular formula is C15H18Cl2N2O3. The SMILES string of the molecule is COCC(C)N1CC(C(=O)Nc2cc(Cl)cc(Cl)c2)CC1=O. The van der Waals surface area contributed by atoms with E-state index in [1.54, 1.807) is 30.2 Å². The van der Waals surface area contributed by atoms with Crippen molar-refractivity contribution in [2.45, 2.75) is 19.4 Å².